The van der Waals surface area contributed by atoms with Gasteiger partial charge in [-0.25, -0.2) is 9.97 Å². The van der Waals surface area contributed by atoms with Gasteiger partial charge in [0.05, 0.1) is 6.20 Å². The Hall–Kier alpha value is -1.98. The van der Waals surface area contributed by atoms with E-state index in [1.165, 1.54) is 42.8 Å². The molecule has 0 saturated carbocycles. The molecule has 122 valence electrons. The molecule has 2 aliphatic rings. The van der Waals surface area contributed by atoms with Crippen molar-refractivity contribution >= 4 is 5.82 Å². The van der Waals surface area contributed by atoms with Crippen molar-refractivity contribution < 1.29 is 0 Å². The van der Waals surface area contributed by atoms with Crippen LogP contribution in [0.25, 0.3) is 0 Å². The lowest BCUT2D eigenvalue weighted by Crippen LogP contribution is -2.37. The van der Waals surface area contributed by atoms with Crippen LogP contribution in [0.1, 0.15) is 42.8 Å². The first-order valence-corrected chi connectivity index (χ1v) is 8.75. The summed E-state index contributed by atoms with van der Waals surface area (Å²) in [6.07, 6.45) is 10.9. The summed E-state index contributed by atoms with van der Waals surface area (Å²) in [5.74, 6) is 2.82. The number of piperidine rings is 1. The summed E-state index contributed by atoms with van der Waals surface area (Å²) in [5, 5.41) is 7.98. The Morgan fingerprint density at radius 2 is 1.96 bits per heavy atom. The zero-order chi connectivity index (χ0) is 15.6. The molecular formula is C17H24N6. The minimum atomic E-state index is 0.687. The Morgan fingerprint density at radius 3 is 2.74 bits per heavy atom. The average molecular weight is 312 g/mol. The molecule has 1 aliphatic carbocycles. The standard InChI is InChI=1S/C17H24N6/c1-13-19-16-5-3-2-4-15(16)17(20-13)22-9-6-14(7-10-22)12-23-11-8-18-21-23/h8,11,14H,2-7,9-10,12H2,1H3. The maximum absolute atomic E-state index is 4.80. The van der Waals surface area contributed by atoms with Crippen molar-refractivity contribution in [2.24, 2.45) is 5.92 Å². The Morgan fingerprint density at radius 1 is 1.13 bits per heavy atom. The van der Waals surface area contributed by atoms with Crippen LogP contribution in [-0.2, 0) is 19.4 Å². The lowest BCUT2D eigenvalue weighted by molar-refractivity contribution is 0.337. The molecule has 3 heterocycles. The SMILES string of the molecule is Cc1nc2c(c(N3CCC(Cn4ccnn4)CC3)n1)CCCC2. The largest absolute Gasteiger partial charge is 0.356 e. The molecule has 0 bridgehead atoms. The van der Waals surface area contributed by atoms with Crippen molar-refractivity contribution in [2.75, 3.05) is 18.0 Å². The quantitative estimate of drug-likeness (QED) is 0.869. The molecule has 0 aromatic carbocycles. The van der Waals surface area contributed by atoms with Crippen molar-refractivity contribution in [2.45, 2.75) is 52.0 Å². The molecule has 1 aliphatic heterocycles. The normalized spacial score (nSPS) is 18.9. The van der Waals surface area contributed by atoms with Crippen LogP contribution in [0.4, 0.5) is 5.82 Å². The molecule has 0 spiro atoms. The third kappa shape index (κ3) is 3.07. The van der Waals surface area contributed by atoms with Crippen LogP contribution in [0.3, 0.4) is 0 Å². The summed E-state index contributed by atoms with van der Waals surface area (Å²) < 4.78 is 1.96. The fraction of sp³-hybridized carbons (Fsp3) is 0.647. The molecule has 1 fully saturated rings. The molecule has 23 heavy (non-hydrogen) atoms. The highest BCUT2D eigenvalue weighted by Gasteiger charge is 2.25. The molecule has 0 N–H and O–H groups in total. The number of hydrogen-bond donors (Lipinski definition) is 0. The second kappa shape index (κ2) is 6.26. The molecule has 2 aromatic heterocycles. The van der Waals surface area contributed by atoms with Gasteiger partial charge in [0.1, 0.15) is 11.6 Å². The summed E-state index contributed by atoms with van der Waals surface area (Å²) in [6, 6.07) is 0. The van der Waals surface area contributed by atoms with Gasteiger partial charge in [-0.2, -0.15) is 0 Å². The van der Waals surface area contributed by atoms with Gasteiger partial charge in [-0.1, -0.05) is 5.21 Å². The van der Waals surface area contributed by atoms with E-state index < -0.39 is 0 Å². The van der Waals surface area contributed by atoms with E-state index in [1.807, 2.05) is 17.8 Å². The van der Waals surface area contributed by atoms with Crippen molar-refractivity contribution in [3.63, 3.8) is 0 Å². The minimum Gasteiger partial charge on any atom is -0.356 e. The maximum atomic E-state index is 4.80. The summed E-state index contributed by atoms with van der Waals surface area (Å²) in [7, 11) is 0. The maximum Gasteiger partial charge on any atom is 0.135 e. The van der Waals surface area contributed by atoms with E-state index >= 15 is 0 Å². The number of aryl methyl sites for hydroxylation is 2. The summed E-state index contributed by atoms with van der Waals surface area (Å²) in [6.45, 7) is 5.18. The third-order valence-electron chi connectivity index (χ3n) is 5.10. The van der Waals surface area contributed by atoms with Crippen molar-refractivity contribution in [3.8, 4) is 0 Å². The second-order valence-electron chi connectivity index (χ2n) is 6.78. The van der Waals surface area contributed by atoms with Gasteiger partial charge < -0.3 is 4.90 Å². The topological polar surface area (TPSA) is 59.7 Å². The monoisotopic (exact) mass is 312 g/mol. The van der Waals surface area contributed by atoms with Gasteiger partial charge in [0, 0.05) is 37.1 Å². The smallest absolute Gasteiger partial charge is 0.135 e. The third-order valence-corrected chi connectivity index (χ3v) is 5.10. The van der Waals surface area contributed by atoms with E-state index in [-0.39, 0.29) is 0 Å². The highest BCUT2D eigenvalue weighted by atomic mass is 15.4. The molecule has 0 atom stereocenters. The Bertz CT molecular complexity index is 658. The van der Waals surface area contributed by atoms with Gasteiger partial charge in [-0.05, 0) is 51.4 Å². The van der Waals surface area contributed by atoms with Gasteiger partial charge >= 0.3 is 0 Å². The Kier molecular flexibility index (Phi) is 3.97. The van der Waals surface area contributed by atoms with E-state index in [4.69, 9.17) is 4.98 Å². The second-order valence-corrected chi connectivity index (χ2v) is 6.78. The molecule has 6 heteroatoms. The summed E-state index contributed by atoms with van der Waals surface area (Å²) >= 11 is 0. The fourth-order valence-electron chi connectivity index (χ4n) is 3.88. The predicted octanol–water partition coefficient (Wildman–Crippen LogP) is 2.17. The van der Waals surface area contributed by atoms with Crippen molar-refractivity contribution in [3.05, 3.63) is 29.5 Å². The highest BCUT2D eigenvalue weighted by molar-refractivity contribution is 5.50. The zero-order valence-electron chi connectivity index (χ0n) is 13.8. The van der Waals surface area contributed by atoms with Gasteiger partial charge in [-0.3, -0.25) is 4.68 Å². The van der Waals surface area contributed by atoms with E-state index in [1.54, 1.807) is 6.20 Å². The number of anilines is 1. The van der Waals surface area contributed by atoms with E-state index in [0.717, 1.165) is 38.3 Å². The van der Waals surface area contributed by atoms with Crippen LogP contribution in [0.2, 0.25) is 0 Å². The minimum absolute atomic E-state index is 0.687. The van der Waals surface area contributed by atoms with Crippen LogP contribution in [0, 0.1) is 12.8 Å². The molecule has 0 amide bonds. The predicted molar refractivity (Wildman–Crippen MR) is 88.4 cm³/mol. The Balaban J connectivity index is 1.47. The van der Waals surface area contributed by atoms with Crippen LogP contribution >= 0.6 is 0 Å². The van der Waals surface area contributed by atoms with Gasteiger partial charge in [0.15, 0.2) is 0 Å². The molecule has 1 saturated heterocycles. The van der Waals surface area contributed by atoms with Crippen molar-refractivity contribution in [1.29, 1.82) is 0 Å². The number of hydrogen-bond acceptors (Lipinski definition) is 5. The van der Waals surface area contributed by atoms with Crippen LogP contribution in [-0.4, -0.2) is 38.1 Å². The first kappa shape index (κ1) is 14.6. The average Bonchev–Trinajstić information content (AvgIpc) is 3.08. The molecule has 0 unspecified atom stereocenters. The van der Waals surface area contributed by atoms with Gasteiger partial charge in [0.2, 0.25) is 0 Å². The lowest BCUT2D eigenvalue weighted by atomic mass is 9.93. The van der Waals surface area contributed by atoms with Crippen LogP contribution in [0.5, 0.6) is 0 Å². The van der Waals surface area contributed by atoms with Crippen LogP contribution < -0.4 is 4.90 Å². The number of aromatic nitrogens is 5. The van der Waals surface area contributed by atoms with Crippen molar-refractivity contribution in [1.82, 2.24) is 25.0 Å². The molecule has 4 rings (SSSR count). The number of rotatable bonds is 3. The molecule has 0 radical (unpaired) electrons. The molecular weight excluding hydrogens is 288 g/mol. The fourth-order valence-corrected chi connectivity index (χ4v) is 3.88. The van der Waals surface area contributed by atoms with Gasteiger partial charge in [-0.15, -0.1) is 5.10 Å². The zero-order valence-corrected chi connectivity index (χ0v) is 13.8. The van der Waals surface area contributed by atoms with Crippen LogP contribution in [0.15, 0.2) is 12.4 Å². The first-order valence-electron chi connectivity index (χ1n) is 8.75. The Labute approximate surface area is 136 Å². The van der Waals surface area contributed by atoms with E-state index in [0.29, 0.717) is 5.92 Å². The molecule has 6 nitrogen and oxygen atoms in total. The first-order chi connectivity index (χ1) is 11.3. The van der Waals surface area contributed by atoms with E-state index in [9.17, 15) is 0 Å². The summed E-state index contributed by atoms with van der Waals surface area (Å²) in [5.41, 5.74) is 2.71. The summed E-state index contributed by atoms with van der Waals surface area (Å²) in [4.78, 5) is 12.0. The molecule has 2 aromatic rings. The number of nitrogens with zero attached hydrogens (tertiary/aromatic N) is 6. The number of fused-ring (bicyclic) bond motifs is 1. The van der Waals surface area contributed by atoms with E-state index in [2.05, 4.69) is 20.2 Å². The van der Waals surface area contributed by atoms with Gasteiger partial charge in [0.25, 0.3) is 0 Å². The highest BCUT2D eigenvalue weighted by Crippen LogP contribution is 2.31. The lowest BCUT2D eigenvalue weighted by Gasteiger charge is -2.35.